The summed E-state index contributed by atoms with van der Waals surface area (Å²) in [5, 5.41) is 15.0. The molecule has 0 saturated heterocycles. The molecule has 0 radical (unpaired) electrons. The fraction of sp³-hybridized carbons (Fsp3) is 0.190. The maximum atomic E-state index is 13.2. The standard InChI is InChI=1S/C21H19N5O6/c1-24-16-11-25(23-19(27)13-6-4-8-15(10-13)32-2)20(28)17(16)18(22-21(24)29)12-5-3-7-14(9-12)26(30)31/h3-10,18H,11H2,1-2H3,(H,22,29)(H,23,27)/t18-/m0/s1. The van der Waals surface area contributed by atoms with Crippen molar-refractivity contribution in [3.05, 3.63) is 81.0 Å². The van der Waals surface area contributed by atoms with E-state index in [1.807, 2.05) is 0 Å². The van der Waals surface area contributed by atoms with Crippen LogP contribution < -0.4 is 15.5 Å². The van der Waals surface area contributed by atoms with Gasteiger partial charge in [-0.05, 0) is 23.8 Å². The molecule has 0 fully saturated rings. The van der Waals surface area contributed by atoms with Crippen molar-refractivity contribution in [1.82, 2.24) is 20.7 Å². The van der Waals surface area contributed by atoms with E-state index < -0.39 is 28.8 Å². The van der Waals surface area contributed by atoms with E-state index >= 15 is 0 Å². The Labute approximate surface area is 182 Å². The minimum Gasteiger partial charge on any atom is -0.497 e. The number of methoxy groups -OCH3 is 1. The SMILES string of the molecule is COc1cccc(C(=O)NN2CC3=C(C2=O)[C@H](c2cccc([N+](=O)[O-])c2)NC(=O)N3C)c1. The first-order valence-electron chi connectivity index (χ1n) is 9.58. The molecule has 0 bridgehead atoms. The van der Waals surface area contributed by atoms with Gasteiger partial charge < -0.3 is 10.1 Å². The fourth-order valence-electron chi connectivity index (χ4n) is 3.68. The summed E-state index contributed by atoms with van der Waals surface area (Å²) in [6.45, 7) is -0.0285. The first kappa shape index (κ1) is 20.8. The van der Waals surface area contributed by atoms with Crippen molar-refractivity contribution in [2.75, 3.05) is 20.7 Å². The van der Waals surface area contributed by atoms with Crippen molar-refractivity contribution in [2.45, 2.75) is 6.04 Å². The lowest BCUT2D eigenvalue weighted by molar-refractivity contribution is -0.384. The van der Waals surface area contributed by atoms with Crippen LogP contribution in [0.5, 0.6) is 5.75 Å². The van der Waals surface area contributed by atoms with Crippen LogP contribution in [0.1, 0.15) is 22.0 Å². The van der Waals surface area contributed by atoms with E-state index in [-0.39, 0.29) is 17.8 Å². The van der Waals surface area contributed by atoms with Gasteiger partial charge in [0.15, 0.2) is 0 Å². The monoisotopic (exact) mass is 437 g/mol. The highest BCUT2D eigenvalue weighted by molar-refractivity contribution is 6.03. The van der Waals surface area contributed by atoms with Crippen LogP contribution >= 0.6 is 0 Å². The summed E-state index contributed by atoms with van der Waals surface area (Å²) < 4.78 is 5.12. The minimum absolute atomic E-state index is 0.0285. The lowest BCUT2D eigenvalue weighted by Gasteiger charge is -2.30. The number of nitro groups is 1. The van der Waals surface area contributed by atoms with Gasteiger partial charge in [-0.25, -0.2) is 9.80 Å². The molecule has 0 unspecified atom stereocenters. The Morgan fingerprint density at radius 2 is 1.97 bits per heavy atom. The van der Waals surface area contributed by atoms with E-state index in [2.05, 4.69) is 10.7 Å². The highest BCUT2D eigenvalue weighted by Crippen LogP contribution is 2.36. The normalized spacial score (nSPS) is 17.8. The van der Waals surface area contributed by atoms with Gasteiger partial charge in [-0.15, -0.1) is 0 Å². The largest absolute Gasteiger partial charge is 0.497 e. The molecule has 0 saturated carbocycles. The Balaban J connectivity index is 1.63. The molecule has 4 rings (SSSR count). The van der Waals surface area contributed by atoms with Gasteiger partial charge in [0.1, 0.15) is 5.75 Å². The zero-order valence-electron chi connectivity index (χ0n) is 17.2. The summed E-state index contributed by atoms with van der Waals surface area (Å²) in [7, 11) is 2.99. The van der Waals surface area contributed by atoms with Gasteiger partial charge in [0.25, 0.3) is 17.5 Å². The van der Waals surface area contributed by atoms with Crippen molar-refractivity contribution >= 4 is 23.5 Å². The summed E-state index contributed by atoms with van der Waals surface area (Å²) in [5.74, 6) is -0.548. The maximum absolute atomic E-state index is 13.2. The molecule has 2 aliphatic heterocycles. The quantitative estimate of drug-likeness (QED) is 0.541. The molecule has 2 heterocycles. The number of nitrogens with zero attached hydrogens (tertiary/aromatic N) is 3. The van der Waals surface area contributed by atoms with Crippen LogP contribution in [0.2, 0.25) is 0 Å². The van der Waals surface area contributed by atoms with Gasteiger partial charge in [-0.1, -0.05) is 18.2 Å². The number of non-ortho nitro benzene ring substituents is 1. The molecule has 0 aromatic heterocycles. The number of urea groups is 1. The number of nitro benzene ring substituents is 1. The number of carbonyl (C=O) groups excluding carboxylic acids is 3. The molecule has 2 N–H and O–H groups in total. The average Bonchev–Trinajstić information content (AvgIpc) is 3.12. The average molecular weight is 437 g/mol. The number of amides is 4. The fourth-order valence-corrected chi connectivity index (χ4v) is 3.68. The highest BCUT2D eigenvalue weighted by Gasteiger charge is 2.43. The number of benzene rings is 2. The molecular formula is C21H19N5O6. The number of likely N-dealkylation sites (N-methyl/N-ethyl adjacent to an activating group) is 1. The Morgan fingerprint density at radius 1 is 1.22 bits per heavy atom. The zero-order chi connectivity index (χ0) is 23.0. The summed E-state index contributed by atoms with van der Waals surface area (Å²) in [4.78, 5) is 50.3. The van der Waals surface area contributed by atoms with Gasteiger partial charge in [-0.3, -0.25) is 30.0 Å². The molecular weight excluding hydrogens is 418 g/mol. The van der Waals surface area contributed by atoms with Crippen LogP contribution in [-0.4, -0.2) is 53.4 Å². The number of rotatable bonds is 5. The Kier molecular flexibility index (Phi) is 5.23. The third-order valence-electron chi connectivity index (χ3n) is 5.34. The molecule has 2 aromatic rings. The van der Waals surface area contributed by atoms with Gasteiger partial charge in [0.05, 0.1) is 35.9 Å². The second-order valence-corrected chi connectivity index (χ2v) is 7.22. The van der Waals surface area contributed by atoms with Crippen LogP contribution in [0.3, 0.4) is 0 Å². The maximum Gasteiger partial charge on any atom is 0.322 e. The lowest BCUT2D eigenvalue weighted by atomic mass is 9.95. The van der Waals surface area contributed by atoms with Gasteiger partial charge in [0.2, 0.25) is 0 Å². The second kappa shape index (κ2) is 8.02. The Morgan fingerprint density at radius 3 is 2.69 bits per heavy atom. The third-order valence-corrected chi connectivity index (χ3v) is 5.34. The summed E-state index contributed by atoms with van der Waals surface area (Å²) >= 11 is 0. The number of carbonyl (C=O) groups is 3. The van der Waals surface area contributed by atoms with Crippen molar-refractivity contribution in [2.24, 2.45) is 0 Å². The van der Waals surface area contributed by atoms with Crippen molar-refractivity contribution in [3.63, 3.8) is 0 Å². The highest BCUT2D eigenvalue weighted by atomic mass is 16.6. The number of ether oxygens (including phenoxy) is 1. The van der Waals surface area contributed by atoms with Gasteiger partial charge >= 0.3 is 6.03 Å². The number of hydrogen-bond donors (Lipinski definition) is 2. The van der Waals surface area contributed by atoms with E-state index in [9.17, 15) is 24.5 Å². The summed E-state index contributed by atoms with van der Waals surface area (Å²) in [6, 6.07) is 10.8. The van der Waals surface area contributed by atoms with Crippen LogP contribution in [0, 0.1) is 10.1 Å². The Hall–Kier alpha value is -4.41. The van der Waals surface area contributed by atoms with Crippen LogP contribution in [0.15, 0.2) is 59.8 Å². The first-order valence-corrected chi connectivity index (χ1v) is 9.58. The summed E-state index contributed by atoms with van der Waals surface area (Å²) in [6.07, 6.45) is 0. The molecule has 11 nitrogen and oxygen atoms in total. The van der Waals surface area contributed by atoms with E-state index in [0.717, 1.165) is 5.01 Å². The molecule has 11 heteroatoms. The smallest absolute Gasteiger partial charge is 0.322 e. The topological polar surface area (TPSA) is 134 Å². The molecule has 2 aliphatic rings. The number of nitrogens with one attached hydrogen (secondary N) is 2. The van der Waals surface area contributed by atoms with E-state index in [1.165, 1.54) is 43.3 Å². The molecule has 0 spiro atoms. The molecule has 4 amide bonds. The predicted octanol–water partition coefficient (Wildman–Crippen LogP) is 1.74. The van der Waals surface area contributed by atoms with Gasteiger partial charge in [-0.2, -0.15) is 0 Å². The third kappa shape index (κ3) is 3.60. The zero-order valence-corrected chi connectivity index (χ0v) is 17.2. The molecule has 164 valence electrons. The predicted molar refractivity (Wildman–Crippen MR) is 111 cm³/mol. The van der Waals surface area contributed by atoms with Crippen molar-refractivity contribution < 1.29 is 24.0 Å². The van der Waals surface area contributed by atoms with Crippen molar-refractivity contribution in [1.29, 1.82) is 0 Å². The van der Waals surface area contributed by atoms with Crippen LogP contribution in [0.25, 0.3) is 0 Å². The van der Waals surface area contributed by atoms with Crippen LogP contribution in [-0.2, 0) is 4.79 Å². The molecule has 1 atom stereocenters. The Bertz CT molecular complexity index is 1180. The second-order valence-electron chi connectivity index (χ2n) is 7.22. The molecule has 2 aromatic carbocycles. The lowest BCUT2D eigenvalue weighted by Crippen LogP contribution is -2.45. The number of hydrazine groups is 1. The van der Waals surface area contributed by atoms with E-state index in [4.69, 9.17) is 4.74 Å². The van der Waals surface area contributed by atoms with E-state index in [0.29, 0.717) is 22.6 Å². The van der Waals surface area contributed by atoms with Crippen molar-refractivity contribution in [3.8, 4) is 5.75 Å². The van der Waals surface area contributed by atoms with Gasteiger partial charge in [0, 0.05) is 24.7 Å². The number of hydrogen-bond acceptors (Lipinski definition) is 6. The van der Waals surface area contributed by atoms with E-state index in [1.54, 1.807) is 24.3 Å². The first-order chi connectivity index (χ1) is 15.3. The minimum atomic E-state index is -0.889. The van der Waals surface area contributed by atoms with Crippen LogP contribution in [0.4, 0.5) is 10.5 Å². The molecule has 0 aliphatic carbocycles. The summed E-state index contributed by atoms with van der Waals surface area (Å²) in [5.41, 5.74) is 3.72. The molecule has 32 heavy (non-hydrogen) atoms.